The molecule has 0 aliphatic carbocycles. The number of halogens is 1. The number of carboxylic acid groups (broad SMARTS) is 1. The van der Waals surface area contributed by atoms with Crippen molar-refractivity contribution in [2.45, 2.75) is 19.8 Å². The van der Waals surface area contributed by atoms with E-state index in [0.717, 1.165) is 11.1 Å². The maximum atomic E-state index is 13.7. The molecular formula is C26H22FNO4. The molecule has 5 nitrogen and oxygen atoms in total. The highest BCUT2D eigenvalue weighted by Crippen LogP contribution is 2.25. The van der Waals surface area contributed by atoms with E-state index >= 15 is 0 Å². The Morgan fingerprint density at radius 2 is 1.69 bits per heavy atom. The topological polar surface area (TPSA) is 68.5 Å². The van der Waals surface area contributed by atoms with Gasteiger partial charge in [-0.1, -0.05) is 30.3 Å². The first-order valence-electron chi connectivity index (χ1n) is 10.3. The van der Waals surface area contributed by atoms with Crippen molar-refractivity contribution < 1.29 is 23.8 Å². The smallest absolute Gasteiger partial charge is 0.307 e. The second kappa shape index (κ2) is 9.06. The molecule has 0 amide bonds. The molecule has 1 heterocycles. The highest BCUT2D eigenvalue weighted by molar-refractivity contribution is 6.04. The Balaban J connectivity index is 1.50. The minimum absolute atomic E-state index is 0.103. The van der Waals surface area contributed by atoms with Crippen LogP contribution < -0.4 is 4.74 Å². The first-order chi connectivity index (χ1) is 15.4. The van der Waals surface area contributed by atoms with Gasteiger partial charge in [0.1, 0.15) is 11.6 Å². The van der Waals surface area contributed by atoms with Gasteiger partial charge in [-0.15, -0.1) is 0 Å². The highest BCUT2D eigenvalue weighted by atomic mass is 19.1. The van der Waals surface area contributed by atoms with Crippen molar-refractivity contribution in [2.24, 2.45) is 0 Å². The van der Waals surface area contributed by atoms with Gasteiger partial charge in [0.05, 0.1) is 18.5 Å². The van der Waals surface area contributed by atoms with E-state index in [0.29, 0.717) is 41.0 Å². The second-order valence-electron chi connectivity index (χ2n) is 7.56. The van der Waals surface area contributed by atoms with Crippen molar-refractivity contribution in [3.05, 3.63) is 101 Å². The molecule has 4 aromatic rings. The number of aryl methyl sites for hydroxylation is 1. The average Bonchev–Trinajstić information content (AvgIpc) is 3.11. The number of nitrogens with zero attached hydrogens (tertiary/aromatic N) is 1. The number of carbonyl (C=O) groups is 2. The Kier molecular flexibility index (Phi) is 6.03. The van der Waals surface area contributed by atoms with Crippen LogP contribution in [-0.4, -0.2) is 28.2 Å². The molecule has 1 N–H and O–H groups in total. The van der Waals surface area contributed by atoms with Gasteiger partial charge in [0.2, 0.25) is 0 Å². The van der Waals surface area contributed by atoms with Crippen LogP contribution in [0.1, 0.15) is 27.2 Å². The standard InChI is InChI=1S/C26H22FNO4/c1-17-15-22-20(16-25(29)30)6-4-8-24(22)28(17)26(31)19-9-11-21(12-10-19)32-14-13-18-5-2-3-7-23(18)27/h2-12,15H,13-14,16H2,1H3,(H,29,30). The van der Waals surface area contributed by atoms with Gasteiger partial charge in [0.15, 0.2) is 0 Å². The van der Waals surface area contributed by atoms with Gasteiger partial charge in [0.25, 0.3) is 5.91 Å². The van der Waals surface area contributed by atoms with Crippen LogP contribution in [-0.2, 0) is 17.6 Å². The van der Waals surface area contributed by atoms with E-state index in [1.165, 1.54) is 6.07 Å². The Bertz CT molecular complexity index is 1290. The van der Waals surface area contributed by atoms with Crippen molar-refractivity contribution >= 4 is 22.8 Å². The Hall–Kier alpha value is -3.93. The van der Waals surface area contributed by atoms with E-state index in [9.17, 15) is 14.0 Å². The lowest BCUT2D eigenvalue weighted by Gasteiger charge is -2.10. The van der Waals surface area contributed by atoms with E-state index in [2.05, 4.69) is 0 Å². The summed E-state index contributed by atoms with van der Waals surface area (Å²) in [7, 11) is 0. The SMILES string of the molecule is Cc1cc2c(CC(=O)O)cccc2n1C(=O)c1ccc(OCCc2ccccc2F)cc1. The van der Waals surface area contributed by atoms with Gasteiger partial charge in [-0.05, 0) is 60.5 Å². The summed E-state index contributed by atoms with van der Waals surface area (Å²) in [5.41, 5.74) is 3.15. The van der Waals surface area contributed by atoms with E-state index in [-0.39, 0.29) is 18.1 Å². The number of carbonyl (C=O) groups excluding carboxylic acids is 1. The predicted octanol–water partition coefficient (Wildman–Crippen LogP) is 5.03. The zero-order valence-corrected chi connectivity index (χ0v) is 17.5. The van der Waals surface area contributed by atoms with Crippen molar-refractivity contribution in [3.8, 4) is 5.75 Å². The van der Waals surface area contributed by atoms with Crippen LogP contribution in [0.3, 0.4) is 0 Å². The third kappa shape index (κ3) is 4.39. The number of carboxylic acids is 1. The van der Waals surface area contributed by atoms with Crippen LogP contribution in [0.4, 0.5) is 4.39 Å². The molecule has 0 spiro atoms. The summed E-state index contributed by atoms with van der Waals surface area (Å²) in [4.78, 5) is 24.3. The summed E-state index contributed by atoms with van der Waals surface area (Å²) in [6, 6.07) is 20.6. The zero-order chi connectivity index (χ0) is 22.7. The molecular weight excluding hydrogens is 409 g/mol. The molecule has 0 aliphatic heterocycles. The third-order valence-electron chi connectivity index (χ3n) is 5.36. The monoisotopic (exact) mass is 431 g/mol. The summed E-state index contributed by atoms with van der Waals surface area (Å²) in [5, 5.41) is 9.91. The summed E-state index contributed by atoms with van der Waals surface area (Å²) in [6.07, 6.45) is 0.342. The number of ether oxygens (including phenoxy) is 1. The Morgan fingerprint density at radius 1 is 0.969 bits per heavy atom. The van der Waals surface area contributed by atoms with E-state index in [1.807, 2.05) is 19.1 Å². The van der Waals surface area contributed by atoms with Gasteiger partial charge in [-0.2, -0.15) is 0 Å². The van der Waals surface area contributed by atoms with Gasteiger partial charge in [0, 0.05) is 23.1 Å². The Morgan fingerprint density at radius 3 is 2.41 bits per heavy atom. The normalized spacial score (nSPS) is 10.9. The molecule has 0 saturated heterocycles. The molecule has 1 aromatic heterocycles. The fraction of sp³-hybridized carbons (Fsp3) is 0.154. The second-order valence-corrected chi connectivity index (χ2v) is 7.56. The fourth-order valence-electron chi connectivity index (χ4n) is 3.81. The predicted molar refractivity (Wildman–Crippen MR) is 120 cm³/mol. The largest absolute Gasteiger partial charge is 0.493 e. The van der Waals surface area contributed by atoms with Crippen LogP contribution in [0.15, 0.2) is 72.8 Å². The Labute approximate surface area is 184 Å². The maximum absolute atomic E-state index is 13.7. The molecule has 4 rings (SSSR count). The zero-order valence-electron chi connectivity index (χ0n) is 17.5. The first kappa shape index (κ1) is 21.3. The number of rotatable bonds is 7. The fourth-order valence-corrected chi connectivity index (χ4v) is 3.81. The van der Waals surface area contributed by atoms with Crippen molar-refractivity contribution in [3.63, 3.8) is 0 Å². The molecule has 6 heteroatoms. The van der Waals surface area contributed by atoms with Crippen LogP contribution in [0.2, 0.25) is 0 Å². The molecule has 32 heavy (non-hydrogen) atoms. The number of aromatic nitrogens is 1. The van der Waals surface area contributed by atoms with E-state index < -0.39 is 5.97 Å². The molecule has 0 aliphatic rings. The van der Waals surface area contributed by atoms with Gasteiger partial charge < -0.3 is 9.84 Å². The van der Waals surface area contributed by atoms with Crippen LogP contribution in [0.25, 0.3) is 10.9 Å². The van der Waals surface area contributed by atoms with Gasteiger partial charge in [-0.25, -0.2) is 4.39 Å². The summed E-state index contributed by atoms with van der Waals surface area (Å²) in [5.74, 6) is -0.781. The minimum Gasteiger partial charge on any atom is -0.493 e. The first-order valence-corrected chi connectivity index (χ1v) is 10.3. The molecule has 162 valence electrons. The molecule has 0 bridgehead atoms. The molecule has 0 fully saturated rings. The van der Waals surface area contributed by atoms with Crippen LogP contribution >= 0.6 is 0 Å². The van der Waals surface area contributed by atoms with E-state index in [4.69, 9.17) is 9.84 Å². The highest BCUT2D eigenvalue weighted by Gasteiger charge is 2.17. The number of hydrogen-bond donors (Lipinski definition) is 1. The van der Waals surface area contributed by atoms with Crippen LogP contribution in [0.5, 0.6) is 5.75 Å². The van der Waals surface area contributed by atoms with Gasteiger partial charge >= 0.3 is 5.97 Å². The quantitative estimate of drug-likeness (QED) is 0.446. The molecule has 0 saturated carbocycles. The molecule has 0 unspecified atom stereocenters. The van der Waals surface area contributed by atoms with Crippen LogP contribution in [0, 0.1) is 12.7 Å². The minimum atomic E-state index is -0.917. The molecule has 0 atom stereocenters. The number of hydrogen-bond acceptors (Lipinski definition) is 3. The lowest BCUT2D eigenvalue weighted by Crippen LogP contribution is -2.13. The summed E-state index contributed by atoms with van der Waals surface area (Å²) in [6.45, 7) is 2.14. The maximum Gasteiger partial charge on any atom is 0.307 e. The lowest BCUT2D eigenvalue weighted by molar-refractivity contribution is -0.136. The average molecular weight is 431 g/mol. The number of fused-ring (bicyclic) bond motifs is 1. The third-order valence-corrected chi connectivity index (χ3v) is 5.36. The van der Waals surface area contributed by atoms with Crippen molar-refractivity contribution in [1.29, 1.82) is 0 Å². The summed E-state index contributed by atoms with van der Waals surface area (Å²) >= 11 is 0. The lowest BCUT2D eigenvalue weighted by atomic mass is 10.1. The van der Waals surface area contributed by atoms with E-state index in [1.54, 1.807) is 59.2 Å². The number of aliphatic carboxylic acids is 1. The van der Waals surface area contributed by atoms with Crippen molar-refractivity contribution in [1.82, 2.24) is 4.57 Å². The van der Waals surface area contributed by atoms with Gasteiger partial charge in [-0.3, -0.25) is 14.2 Å². The number of benzene rings is 3. The molecule has 0 radical (unpaired) electrons. The summed E-state index contributed by atoms with van der Waals surface area (Å²) < 4.78 is 21.0. The van der Waals surface area contributed by atoms with Crippen molar-refractivity contribution in [2.75, 3.05) is 6.61 Å². The molecule has 3 aromatic carbocycles.